The topological polar surface area (TPSA) is 57.8 Å². The summed E-state index contributed by atoms with van der Waals surface area (Å²) in [6.45, 7) is 10.1. The van der Waals surface area contributed by atoms with E-state index < -0.39 is 0 Å². The molecule has 0 bridgehead atoms. The van der Waals surface area contributed by atoms with Crippen LogP contribution < -0.4 is 5.32 Å². The normalized spacial score (nSPS) is 11.5. The molecule has 2 aromatic rings. The molecule has 1 aromatic carbocycles. The summed E-state index contributed by atoms with van der Waals surface area (Å²) in [4.78, 5) is 12.4. The molecule has 0 radical (unpaired) electrons. The van der Waals surface area contributed by atoms with E-state index in [4.69, 9.17) is 0 Å². The van der Waals surface area contributed by atoms with Crippen LogP contribution in [-0.4, -0.2) is 10.5 Å². The van der Waals surface area contributed by atoms with Crippen molar-refractivity contribution in [2.75, 3.05) is 5.32 Å². The summed E-state index contributed by atoms with van der Waals surface area (Å²) in [5, 5.41) is 12.2. The van der Waals surface area contributed by atoms with Gasteiger partial charge in [-0.2, -0.15) is 5.26 Å². The van der Waals surface area contributed by atoms with Gasteiger partial charge in [0.1, 0.15) is 11.6 Å². The van der Waals surface area contributed by atoms with Gasteiger partial charge in [0.25, 0.3) is 5.91 Å². The average molecular weight is 321 g/mol. The van der Waals surface area contributed by atoms with Crippen molar-refractivity contribution in [1.29, 1.82) is 5.26 Å². The second kappa shape index (κ2) is 7.18. The van der Waals surface area contributed by atoms with Gasteiger partial charge in [-0.3, -0.25) is 4.79 Å². The van der Waals surface area contributed by atoms with E-state index in [1.54, 1.807) is 6.08 Å². The van der Waals surface area contributed by atoms with Crippen molar-refractivity contribution in [2.45, 2.75) is 40.7 Å². The van der Waals surface area contributed by atoms with Crippen LogP contribution in [0, 0.1) is 32.1 Å². The third kappa shape index (κ3) is 3.75. The van der Waals surface area contributed by atoms with Crippen LogP contribution in [0.15, 0.2) is 36.0 Å². The van der Waals surface area contributed by atoms with Crippen LogP contribution in [-0.2, 0) is 4.79 Å². The largest absolute Gasteiger partial charge is 0.349 e. The third-order valence-electron chi connectivity index (χ3n) is 4.16. The van der Waals surface area contributed by atoms with Gasteiger partial charge >= 0.3 is 0 Å². The number of carbonyl (C=O) groups is 1. The number of nitrogens with one attached hydrogen (secondary N) is 1. The summed E-state index contributed by atoms with van der Waals surface area (Å²) in [6.07, 6.45) is 3.59. The van der Waals surface area contributed by atoms with Gasteiger partial charge in [0.2, 0.25) is 0 Å². The molecule has 4 nitrogen and oxygen atoms in total. The van der Waals surface area contributed by atoms with Crippen molar-refractivity contribution in [3.63, 3.8) is 0 Å². The molecule has 0 saturated carbocycles. The maximum Gasteiger partial charge on any atom is 0.266 e. The number of anilines is 1. The fraction of sp³-hybridized carbons (Fsp3) is 0.300. The van der Waals surface area contributed by atoms with Gasteiger partial charge in [0.15, 0.2) is 0 Å². The zero-order valence-corrected chi connectivity index (χ0v) is 14.8. The first kappa shape index (κ1) is 17.6. The van der Waals surface area contributed by atoms with Crippen molar-refractivity contribution in [3.05, 3.63) is 58.4 Å². The Bertz CT molecular complexity index is 835. The molecule has 1 heterocycles. The van der Waals surface area contributed by atoms with E-state index in [9.17, 15) is 10.1 Å². The maximum atomic E-state index is 12.4. The van der Waals surface area contributed by atoms with Gasteiger partial charge in [0.05, 0.1) is 0 Å². The molecule has 1 aromatic heterocycles. The molecule has 2 rings (SSSR count). The molecule has 0 aliphatic heterocycles. The Morgan fingerprint density at radius 3 is 2.58 bits per heavy atom. The molecule has 1 N–H and O–H groups in total. The standard InChI is InChI=1S/C20H23N3O/c1-13(2)23-12-17(9-15(23)4)10-18(11-21)20(24)22-19-8-6-7-14(3)16(19)5/h6-10,12-13H,1-5H3,(H,22,24)/b18-10+. The molecule has 1 amide bonds. The number of amides is 1. The molecule has 0 unspecified atom stereocenters. The number of aromatic nitrogens is 1. The Kier molecular flexibility index (Phi) is 5.25. The van der Waals surface area contributed by atoms with Gasteiger partial charge in [0, 0.05) is 23.6 Å². The van der Waals surface area contributed by atoms with E-state index >= 15 is 0 Å². The fourth-order valence-electron chi connectivity index (χ4n) is 2.64. The summed E-state index contributed by atoms with van der Waals surface area (Å²) < 4.78 is 2.11. The first-order valence-electron chi connectivity index (χ1n) is 8.01. The number of nitrogens with zero attached hydrogens (tertiary/aromatic N) is 2. The number of nitriles is 1. The first-order valence-corrected chi connectivity index (χ1v) is 8.01. The van der Waals surface area contributed by atoms with Crippen LogP contribution in [0.4, 0.5) is 5.69 Å². The maximum absolute atomic E-state index is 12.4. The Morgan fingerprint density at radius 2 is 2.00 bits per heavy atom. The molecule has 0 aliphatic carbocycles. The summed E-state index contributed by atoms with van der Waals surface area (Å²) in [5.41, 5.74) is 4.89. The fourth-order valence-corrected chi connectivity index (χ4v) is 2.64. The van der Waals surface area contributed by atoms with E-state index in [-0.39, 0.29) is 11.5 Å². The minimum atomic E-state index is -0.388. The lowest BCUT2D eigenvalue weighted by molar-refractivity contribution is -0.112. The number of hydrogen-bond donors (Lipinski definition) is 1. The third-order valence-corrected chi connectivity index (χ3v) is 4.16. The number of benzene rings is 1. The lowest BCUT2D eigenvalue weighted by atomic mass is 10.1. The van der Waals surface area contributed by atoms with Crippen molar-refractivity contribution >= 4 is 17.7 Å². The van der Waals surface area contributed by atoms with Crippen LogP contribution in [0.5, 0.6) is 0 Å². The van der Waals surface area contributed by atoms with E-state index in [2.05, 4.69) is 23.7 Å². The molecule has 0 spiro atoms. The quantitative estimate of drug-likeness (QED) is 0.664. The smallest absolute Gasteiger partial charge is 0.266 e. The molecular formula is C20H23N3O. The molecule has 0 atom stereocenters. The summed E-state index contributed by atoms with van der Waals surface area (Å²) in [7, 11) is 0. The SMILES string of the molecule is Cc1cccc(NC(=O)/C(C#N)=C/c2cc(C)n(C(C)C)c2)c1C. The molecular weight excluding hydrogens is 298 g/mol. The van der Waals surface area contributed by atoms with Gasteiger partial charge < -0.3 is 9.88 Å². The van der Waals surface area contributed by atoms with Crippen molar-refractivity contribution < 1.29 is 4.79 Å². The average Bonchev–Trinajstić information content (AvgIpc) is 2.90. The number of carbonyl (C=O) groups excluding carboxylic acids is 1. The Morgan fingerprint density at radius 1 is 1.29 bits per heavy atom. The predicted molar refractivity (Wildman–Crippen MR) is 97.7 cm³/mol. The van der Waals surface area contributed by atoms with Gasteiger partial charge in [-0.25, -0.2) is 0 Å². The van der Waals surface area contributed by atoms with E-state index in [1.807, 2.05) is 57.3 Å². The van der Waals surface area contributed by atoms with Crippen LogP contribution in [0.3, 0.4) is 0 Å². The molecule has 0 fully saturated rings. The highest BCUT2D eigenvalue weighted by atomic mass is 16.1. The van der Waals surface area contributed by atoms with E-state index in [0.29, 0.717) is 6.04 Å². The van der Waals surface area contributed by atoms with Crippen molar-refractivity contribution in [2.24, 2.45) is 0 Å². The van der Waals surface area contributed by atoms with Crippen molar-refractivity contribution in [1.82, 2.24) is 4.57 Å². The number of hydrogen-bond acceptors (Lipinski definition) is 2. The highest BCUT2D eigenvalue weighted by Gasteiger charge is 2.12. The molecule has 0 aliphatic rings. The summed E-state index contributed by atoms with van der Waals surface area (Å²) in [5.74, 6) is -0.388. The minimum Gasteiger partial charge on any atom is -0.349 e. The highest BCUT2D eigenvalue weighted by Crippen LogP contribution is 2.20. The zero-order chi connectivity index (χ0) is 17.9. The Balaban J connectivity index is 2.28. The highest BCUT2D eigenvalue weighted by molar-refractivity contribution is 6.10. The van der Waals surface area contributed by atoms with E-state index in [1.165, 1.54) is 0 Å². The lowest BCUT2D eigenvalue weighted by Gasteiger charge is -2.09. The summed E-state index contributed by atoms with van der Waals surface area (Å²) >= 11 is 0. The van der Waals surface area contributed by atoms with Crippen molar-refractivity contribution in [3.8, 4) is 6.07 Å². The first-order chi connectivity index (χ1) is 11.3. The van der Waals surface area contributed by atoms with Crippen LogP contribution in [0.2, 0.25) is 0 Å². The van der Waals surface area contributed by atoms with Crippen LogP contribution >= 0.6 is 0 Å². The molecule has 24 heavy (non-hydrogen) atoms. The lowest BCUT2D eigenvalue weighted by Crippen LogP contribution is -2.14. The predicted octanol–water partition coefficient (Wildman–Crippen LogP) is 4.54. The Labute approximate surface area is 143 Å². The zero-order valence-electron chi connectivity index (χ0n) is 14.8. The Hall–Kier alpha value is -2.80. The monoisotopic (exact) mass is 321 g/mol. The van der Waals surface area contributed by atoms with E-state index in [0.717, 1.165) is 28.1 Å². The van der Waals surface area contributed by atoms with Gasteiger partial charge in [-0.15, -0.1) is 0 Å². The second-order valence-electron chi connectivity index (χ2n) is 6.29. The number of aryl methyl sites for hydroxylation is 2. The molecule has 124 valence electrons. The van der Waals surface area contributed by atoms with Crippen LogP contribution in [0.25, 0.3) is 6.08 Å². The second-order valence-corrected chi connectivity index (χ2v) is 6.29. The van der Waals surface area contributed by atoms with Gasteiger partial charge in [-0.05, 0) is 69.5 Å². The van der Waals surface area contributed by atoms with Gasteiger partial charge in [-0.1, -0.05) is 12.1 Å². The molecule has 4 heteroatoms. The minimum absolute atomic E-state index is 0.0943. The number of rotatable bonds is 4. The molecule has 0 saturated heterocycles. The summed E-state index contributed by atoms with van der Waals surface area (Å²) in [6, 6.07) is 10.0. The van der Waals surface area contributed by atoms with Crippen LogP contribution in [0.1, 0.15) is 42.3 Å².